The lowest BCUT2D eigenvalue weighted by Crippen LogP contribution is -2.48. The highest BCUT2D eigenvalue weighted by molar-refractivity contribution is 6.33. The number of ketones is 1. The zero-order valence-corrected chi connectivity index (χ0v) is 17.0. The number of nitrogens with one attached hydrogen (secondary N) is 2. The summed E-state index contributed by atoms with van der Waals surface area (Å²) >= 11 is 5.97. The molecule has 0 saturated carbocycles. The number of hydrazine groups is 1. The summed E-state index contributed by atoms with van der Waals surface area (Å²) in [5.41, 5.74) is 6.96. The van der Waals surface area contributed by atoms with Gasteiger partial charge in [-0.15, -0.1) is 0 Å². The molecule has 2 aromatic rings. The number of rotatable bonds is 5. The summed E-state index contributed by atoms with van der Waals surface area (Å²) in [5.74, 6) is -0.627. The van der Waals surface area contributed by atoms with Gasteiger partial charge in [0.05, 0.1) is 17.1 Å². The summed E-state index contributed by atoms with van der Waals surface area (Å²) in [6, 6.07) is 14.3. The van der Waals surface area contributed by atoms with Gasteiger partial charge < -0.3 is 0 Å². The van der Waals surface area contributed by atoms with Crippen LogP contribution in [0.15, 0.2) is 48.5 Å². The highest BCUT2D eigenvalue weighted by Gasteiger charge is 2.26. The lowest BCUT2D eigenvalue weighted by atomic mass is 9.88. The molecule has 2 N–H and O–H groups in total. The standard InChI is InChI=1S/C22H24ClN3O3/c1-15-6-8-16(9-7-15)21(28)17-10-12-26(13-11-17)14-20(27)24-25-22(29)18-4-2-3-5-19(18)23/h2-9,17H,10-14H2,1H3,(H,24,27)(H,25,29). The van der Waals surface area contributed by atoms with Crippen molar-refractivity contribution in [2.75, 3.05) is 19.6 Å². The predicted molar refractivity (Wildman–Crippen MR) is 112 cm³/mol. The van der Waals surface area contributed by atoms with E-state index in [2.05, 4.69) is 10.9 Å². The maximum atomic E-state index is 12.6. The quantitative estimate of drug-likeness (QED) is 0.583. The molecule has 1 saturated heterocycles. The van der Waals surface area contributed by atoms with Gasteiger partial charge in [0.2, 0.25) is 0 Å². The van der Waals surface area contributed by atoms with Crippen LogP contribution >= 0.6 is 11.6 Å². The Morgan fingerprint density at radius 1 is 1.00 bits per heavy atom. The number of carbonyl (C=O) groups is 3. The van der Waals surface area contributed by atoms with Gasteiger partial charge in [-0.05, 0) is 45.0 Å². The maximum absolute atomic E-state index is 12.6. The summed E-state index contributed by atoms with van der Waals surface area (Å²) in [7, 11) is 0. The second-order valence-corrected chi connectivity index (χ2v) is 7.67. The van der Waals surface area contributed by atoms with Crippen molar-refractivity contribution in [3.05, 3.63) is 70.2 Å². The fourth-order valence-electron chi connectivity index (χ4n) is 3.39. The Kier molecular flexibility index (Phi) is 7.01. The fourth-order valence-corrected chi connectivity index (χ4v) is 3.61. The molecule has 29 heavy (non-hydrogen) atoms. The van der Waals surface area contributed by atoms with E-state index in [9.17, 15) is 14.4 Å². The Labute approximate surface area is 175 Å². The van der Waals surface area contributed by atoms with Crippen LogP contribution in [0, 0.1) is 12.8 Å². The third kappa shape index (κ3) is 5.65. The number of halogens is 1. The van der Waals surface area contributed by atoms with E-state index in [0.29, 0.717) is 36.5 Å². The lowest BCUT2D eigenvalue weighted by Gasteiger charge is -2.30. The minimum absolute atomic E-state index is 0.0167. The molecule has 7 heteroatoms. The van der Waals surface area contributed by atoms with Crippen molar-refractivity contribution in [3.8, 4) is 0 Å². The number of benzene rings is 2. The van der Waals surface area contributed by atoms with Crippen LogP contribution in [0.2, 0.25) is 5.02 Å². The van der Waals surface area contributed by atoms with E-state index in [4.69, 9.17) is 11.6 Å². The smallest absolute Gasteiger partial charge is 0.271 e. The van der Waals surface area contributed by atoms with Crippen molar-refractivity contribution >= 4 is 29.2 Å². The second-order valence-electron chi connectivity index (χ2n) is 7.26. The first-order valence-electron chi connectivity index (χ1n) is 9.61. The highest BCUT2D eigenvalue weighted by atomic mass is 35.5. The highest BCUT2D eigenvalue weighted by Crippen LogP contribution is 2.22. The number of carbonyl (C=O) groups excluding carboxylic acids is 3. The molecule has 1 fully saturated rings. The van der Waals surface area contributed by atoms with Gasteiger partial charge >= 0.3 is 0 Å². The lowest BCUT2D eigenvalue weighted by molar-refractivity contribution is -0.123. The van der Waals surface area contributed by atoms with Crippen molar-refractivity contribution in [1.82, 2.24) is 15.8 Å². The zero-order valence-electron chi connectivity index (χ0n) is 16.3. The molecule has 2 aromatic carbocycles. The van der Waals surface area contributed by atoms with E-state index in [-0.39, 0.29) is 24.2 Å². The molecule has 152 valence electrons. The van der Waals surface area contributed by atoms with Crippen molar-refractivity contribution in [2.45, 2.75) is 19.8 Å². The van der Waals surface area contributed by atoms with Crippen LogP contribution in [0.5, 0.6) is 0 Å². The van der Waals surface area contributed by atoms with Crippen LogP contribution in [0.4, 0.5) is 0 Å². The topological polar surface area (TPSA) is 78.5 Å². The van der Waals surface area contributed by atoms with Crippen LogP contribution in [0.1, 0.15) is 39.1 Å². The van der Waals surface area contributed by atoms with Crippen molar-refractivity contribution in [2.24, 2.45) is 5.92 Å². The molecule has 0 spiro atoms. The summed E-state index contributed by atoms with van der Waals surface area (Å²) in [4.78, 5) is 38.8. The summed E-state index contributed by atoms with van der Waals surface area (Å²) in [6.07, 6.45) is 1.43. The number of amides is 2. The summed E-state index contributed by atoms with van der Waals surface area (Å²) in [6.45, 7) is 3.48. The van der Waals surface area contributed by atoms with E-state index in [1.165, 1.54) is 0 Å². The number of hydrogen-bond donors (Lipinski definition) is 2. The van der Waals surface area contributed by atoms with Gasteiger partial charge in [0.15, 0.2) is 5.78 Å². The Morgan fingerprint density at radius 3 is 2.31 bits per heavy atom. The maximum Gasteiger partial charge on any atom is 0.271 e. The van der Waals surface area contributed by atoms with Gasteiger partial charge in [-0.1, -0.05) is 53.6 Å². The van der Waals surface area contributed by atoms with E-state index in [1.54, 1.807) is 24.3 Å². The molecule has 3 rings (SSSR count). The molecule has 1 aliphatic rings. The molecule has 0 aliphatic carbocycles. The largest absolute Gasteiger partial charge is 0.294 e. The van der Waals surface area contributed by atoms with E-state index in [1.807, 2.05) is 36.1 Å². The van der Waals surface area contributed by atoms with Crippen molar-refractivity contribution < 1.29 is 14.4 Å². The van der Waals surface area contributed by atoms with Gasteiger partial charge in [0.1, 0.15) is 0 Å². The number of piperidine rings is 1. The Hall–Kier alpha value is -2.70. The van der Waals surface area contributed by atoms with Crippen molar-refractivity contribution in [1.29, 1.82) is 0 Å². The van der Waals surface area contributed by atoms with Crippen LogP contribution < -0.4 is 10.9 Å². The van der Waals surface area contributed by atoms with Gasteiger partial charge in [0.25, 0.3) is 11.8 Å². The number of likely N-dealkylation sites (tertiary alicyclic amines) is 1. The molecule has 0 bridgehead atoms. The Balaban J connectivity index is 1.42. The second kappa shape index (κ2) is 9.67. The summed E-state index contributed by atoms with van der Waals surface area (Å²) in [5, 5.41) is 0.319. The predicted octanol–water partition coefficient (Wildman–Crippen LogP) is 3.00. The minimum Gasteiger partial charge on any atom is -0.294 e. The van der Waals surface area contributed by atoms with E-state index < -0.39 is 5.91 Å². The first-order valence-corrected chi connectivity index (χ1v) is 9.99. The van der Waals surface area contributed by atoms with Gasteiger partial charge in [-0.3, -0.25) is 30.1 Å². The normalized spacial score (nSPS) is 15.0. The molecular weight excluding hydrogens is 390 g/mol. The molecule has 1 aliphatic heterocycles. The molecular formula is C22H24ClN3O3. The van der Waals surface area contributed by atoms with E-state index in [0.717, 1.165) is 11.1 Å². The number of aryl methyl sites for hydroxylation is 1. The third-order valence-electron chi connectivity index (χ3n) is 5.10. The minimum atomic E-state index is -0.466. The number of hydrogen-bond acceptors (Lipinski definition) is 4. The molecule has 0 radical (unpaired) electrons. The SMILES string of the molecule is Cc1ccc(C(=O)C2CCN(CC(=O)NNC(=O)c3ccccc3Cl)CC2)cc1. The number of Topliss-reactive ketones (excluding diaryl/α,β-unsaturated/α-hetero) is 1. The molecule has 6 nitrogen and oxygen atoms in total. The average molecular weight is 414 g/mol. The van der Waals surface area contributed by atoms with Gasteiger partial charge in [0, 0.05) is 11.5 Å². The van der Waals surface area contributed by atoms with Crippen molar-refractivity contribution in [3.63, 3.8) is 0 Å². The van der Waals surface area contributed by atoms with Crippen LogP contribution in [-0.4, -0.2) is 42.1 Å². The fraction of sp³-hybridized carbons (Fsp3) is 0.318. The van der Waals surface area contributed by atoms with E-state index >= 15 is 0 Å². The zero-order chi connectivity index (χ0) is 20.8. The molecule has 0 aromatic heterocycles. The molecule has 1 heterocycles. The Bertz CT molecular complexity index is 890. The monoisotopic (exact) mass is 413 g/mol. The average Bonchev–Trinajstić information content (AvgIpc) is 2.73. The third-order valence-corrected chi connectivity index (χ3v) is 5.43. The first kappa shape index (κ1) is 21.0. The molecule has 2 amide bonds. The first-order chi connectivity index (χ1) is 13.9. The van der Waals surface area contributed by atoms with Crippen LogP contribution in [-0.2, 0) is 4.79 Å². The molecule has 0 atom stereocenters. The van der Waals surface area contributed by atoms with Crippen LogP contribution in [0.3, 0.4) is 0 Å². The molecule has 0 unspecified atom stereocenters. The summed E-state index contributed by atoms with van der Waals surface area (Å²) < 4.78 is 0. The Morgan fingerprint density at radius 2 is 1.66 bits per heavy atom. The van der Waals surface area contributed by atoms with Crippen LogP contribution in [0.25, 0.3) is 0 Å². The van der Waals surface area contributed by atoms with Gasteiger partial charge in [-0.25, -0.2) is 0 Å². The van der Waals surface area contributed by atoms with Gasteiger partial charge in [-0.2, -0.15) is 0 Å². The number of nitrogens with zero attached hydrogens (tertiary/aromatic N) is 1.